The van der Waals surface area contributed by atoms with Crippen molar-refractivity contribution in [1.29, 1.82) is 0 Å². The fourth-order valence-corrected chi connectivity index (χ4v) is 5.11. The van der Waals surface area contributed by atoms with Crippen molar-refractivity contribution in [2.45, 2.75) is 12.3 Å². The van der Waals surface area contributed by atoms with Gasteiger partial charge in [-0.3, -0.25) is 9.59 Å². The van der Waals surface area contributed by atoms with E-state index in [1.165, 1.54) is 16.2 Å². The van der Waals surface area contributed by atoms with Crippen LogP contribution in [0.2, 0.25) is 0 Å². The number of fused-ring (bicyclic) bond motifs is 1. The molecule has 0 aromatic carbocycles. The summed E-state index contributed by atoms with van der Waals surface area (Å²) in [6, 6.07) is 7.21. The lowest BCUT2D eigenvalue weighted by molar-refractivity contribution is 0.0770. The maximum Gasteiger partial charge on any atom is 0.264 e. The maximum atomic E-state index is 13.1. The van der Waals surface area contributed by atoms with Crippen LogP contribution in [0.25, 0.3) is 10.2 Å². The zero-order valence-electron chi connectivity index (χ0n) is 16.6. The lowest BCUT2D eigenvalue weighted by Crippen LogP contribution is -2.30. The van der Waals surface area contributed by atoms with Gasteiger partial charge in [-0.2, -0.15) is 0 Å². The van der Waals surface area contributed by atoms with E-state index in [4.69, 9.17) is 5.73 Å². The Morgan fingerprint density at radius 3 is 2.83 bits per heavy atom. The molecule has 3 aromatic rings. The highest BCUT2D eigenvalue weighted by Crippen LogP contribution is 2.40. The van der Waals surface area contributed by atoms with Crippen molar-refractivity contribution in [2.24, 2.45) is 0 Å². The molecular formula is C21H23N5O3S. The van der Waals surface area contributed by atoms with E-state index < -0.39 is 0 Å². The molecule has 9 heteroatoms. The molecular weight excluding hydrogens is 402 g/mol. The van der Waals surface area contributed by atoms with E-state index in [2.05, 4.69) is 9.97 Å². The van der Waals surface area contributed by atoms with Crippen LogP contribution >= 0.6 is 11.3 Å². The first-order valence-corrected chi connectivity index (χ1v) is 10.6. The molecule has 2 amide bonds. The van der Waals surface area contributed by atoms with E-state index in [1.807, 2.05) is 12.1 Å². The maximum absolute atomic E-state index is 13.1. The Morgan fingerprint density at radius 2 is 2.07 bits per heavy atom. The Labute approximate surface area is 178 Å². The van der Waals surface area contributed by atoms with Crippen molar-refractivity contribution < 1.29 is 14.7 Å². The van der Waals surface area contributed by atoms with Gasteiger partial charge in [-0.05, 0) is 30.2 Å². The normalized spacial score (nSPS) is 16.2. The van der Waals surface area contributed by atoms with Crippen LogP contribution in [0.5, 0.6) is 0 Å². The van der Waals surface area contributed by atoms with Crippen LogP contribution in [0.4, 0.5) is 5.82 Å². The molecule has 1 atom stereocenters. The molecule has 1 unspecified atom stereocenters. The molecule has 0 aliphatic carbocycles. The Bertz CT molecular complexity index is 1100. The van der Waals surface area contributed by atoms with E-state index in [9.17, 15) is 14.7 Å². The van der Waals surface area contributed by atoms with Gasteiger partial charge in [0, 0.05) is 50.4 Å². The van der Waals surface area contributed by atoms with E-state index in [-0.39, 0.29) is 36.7 Å². The van der Waals surface area contributed by atoms with Crippen LogP contribution in [0.3, 0.4) is 0 Å². The van der Waals surface area contributed by atoms with Crippen molar-refractivity contribution in [1.82, 2.24) is 19.8 Å². The van der Waals surface area contributed by atoms with Crippen LogP contribution in [-0.2, 0) is 0 Å². The number of nitrogen functional groups attached to an aromatic ring is 1. The molecule has 0 radical (unpaired) electrons. The number of aromatic nitrogens is 2. The van der Waals surface area contributed by atoms with Crippen molar-refractivity contribution in [3.63, 3.8) is 0 Å². The number of amides is 2. The highest BCUT2D eigenvalue weighted by molar-refractivity contribution is 7.20. The highest BCUT2D eigenvalue weighted by Gasteiger charge is 2.34. The molecule has 1 aliphatic heterocycles. The zero-order valence-corrected chi connectivity index (χ0v) is 17.4. The number of hydrogen-bond donors (Lipinski definition) is 2. The molecule has 1 saturated heterocycles. The van der Waals surface area contributed by atoms with Gasteiger partial charge in [0.1, 0.15) is 10.6 Å². The number of carbonyl (C=O) groups is 2. The quantitative estimate of drug-likeness (QED) is 0.646. The first kappa shape index (κ1) is 20.2. The van der Waals surface area contributed by atoms with Crippen LogP contribution in [0.15, 0.2) is 36.7 Å². The number of pyridine rings is 2. The third-order valence-corrected chi connectivity index (χ3v) is 6.55. The second-order valence-electron chi connectivity index (χ2n) is 7.32. The molecule has 0 bridgehead atoms. The minimum atomic E-state index is -0.147. The summed E-state index contributed by atoms with van der Waals surface area (Å²) < 4.78 is 0. The Hall–Kier alpha value is -3.04. The van der Waals surface area contributed by atoms with Crippen LogP contribution in [-0.4, -0.2) is 70.0 Å². The molecule has 0 saturated carbocycles. The van der Waals surface area contributed by atoms with Gasteiger partial charge in [-0.1, -0.05) is 6.07 Å². The van der Waals surface area contributed by atoms with Gasteiger partial charge in [-0.15, -0.1) is 11.3 Å². The van der Waals surface area contributed by atoms with Crippen LogP contribution in [0.1, 0.15) is 37.9 Å². The largest absolute Gasteiger partial charge is 0.395 e. The summed E-state index contributed by atoms with van der Waals surface area (Å²) in [4.78, 5) is 39.2. The van der Waals surface area contributed by atoms with E-state index in [0.717, 1.165) is 22.2 Å². The molecule has 1 fully saturated rings. The summed E-state index contributed by atoms with van der Waals surface area (Å²) in [5, 5.41) is 10.2. The third kappa shape index (κ3) is 3.61. The topological polar surface area (TPSA) is 113 Å². The molecule has 30 heavy (non-hydrogen) atoms. The van der Waals surface area contributed by atoms with E-state index in [1.54, 1.807) is 36.5 Å². The average molecular weight is 426 g/mol. The number of aliphatic hydroxyl groups is 1. The molecule has 0 spiro atoms. The van der Waals surface area contributed by atoms with Gasteiger partial charge in [0.25, 0.3) is 11.8 Å². The summed E-state index contributed by atoms with van der Waals surface area (Å²) in [6.07, 6.45) is 4.02. The molecule has 156 valence electrons. The molecule has 4 rings (SSSR count). The number of carbonyl (C=O) groups excluding carboxylic acids is 2. The molecule has 3 N–H and O–H groups in total. The van der Waals surface area contributed by atoms with Crippen LogP contribution < -0.4 is 5.73 Å². The van der Waals surface area contributed by atoms with Gasteiger partial charge >= 0.3 is 0 Å². The molecule has 1 aliphatic rings. The van der Waals surface area contributed by atoms with Crippen molar-refractivity contribution in [2.75, 3.05) is 39.0 Å². The smallest absolute Gasteiger partial charge is 0.264 e. The number of thiophene rings is 1. The molecule has 3 aromatic heterocycles. The second kappa shape index (κ2) is 8.37. The standard InChI is InChI=1S/C21H23N5O3S/c1-25(10-11-27)21(29)17-16(14-4-2-8-24-19(14)30-17)13-6-9-26(12-13)20(28)15-5-3-7-23-18(15)22/h2-5,7-8,13,27H,6,9-12H2,1H3,(H2,22,23). The third-order valence-electron chi connectivity index (χ3n) is 5.43. The van der Waals surface area contributed by atoms with Gasteiger partial charge < -0.3 is 20.6 Å². The predicted molar refractivity (Wildman–Crippen MR) is 116 cm³/mol. The lowest BCUT2D eigenvalue weighted by atomic mass is 9.95. The summed E-state index contributed by atoms with van der Waals surface area (Å²) >= 11 is 1.36. The van der Waals surface area contributed by atoms with Crippen molar-refractivity contribution >= 4 is 39.2 Å². The lowest BCUT2D eigenvalue weighted by Gasteiger charge is -2.19. The number of aliphatic hydroxyl groups excluding tert-OH is 1. The number of nitrogens with two attached hydrogens (primary N) is 1. The minimum absolute atomic E-state index is 0.0197. The predicted octanol–water partition coefficient (Wildman–Crippen LogP) is 1.97. The highest BCUT2D eigenvalue weighted by atomic mass is 32.1. The number of rotatable bonds is 5. The summed E-state index contributed by atoms with van der Waals surface area (Å²) in [5.41, 5.74) is 7.22. The summed E-state index contributed by atoms with van der Waals surface area (Å²) in [5.74, 6) is -0.0433. The number of likely N-dealkylation sites (tertiary alicyclic amines) is 1. The first-order valence-electron chi connectivity index (χ1n) is 9.74. The van der Waals surface area contributed by atoms with Crippen molar-refractivity contribution in [3.8, 4) is 0 Å². The Balaban J connectivity index is 1.66. The van der Waals surface area contributed by atoms with Crippen LogP contribution in [0, 0.1) is 0 Å². The SMILES string of the molecule is CN(CCO)C(=O)c1sc2ncccc2c1C1CCN(C(=O)c2cccnc2N)C1. The fourth-order valence-electron chi connectivity index (χ4n) is 3.89. The van der Waals surface area contributed by atoms with Gasteiger partial charge in [-0.25, -0.2) is 9.97 Å². The number of likely N-dealkylation sites (N-methyl/N-ethyl adjacent to an activating group) is 1. The molecule has 8 nitrogen and oxygen atoms in total. The van der Waals surface area contributed by atoms with Gasteiger partial charge in [0.2, 0.25) is 0 Å². The van der Waals surface area contributed by atoms with E-state index >= 15 is 0 Å². The van der Waals surface area contributed by atoms with Gasteiger partial charge in [0.05, 0.1) is 17.0 Å². The monoisotopic (exact) mass is 425 g/mol. The fraction of sp³-hybridized carbons (Fsp3) is 0.333. The Kier molecular flexibility index (Phi) is 5.65. The molecule has 4 heterocycles. The number of hydrogen-bond acceptors (Lipinski definition) is 7. The first-order chi connectivity index (χ1) is 14.5. The minimum Gasteiger partial charge on any atom is -0.395 e. The average Bonchev–Trinajstić information content (AvgIpc) is 3.38. The van der Waals surface area contributed by atoms with E-state index in [0.29, 0.717) is 23.5 Å². The number of anilines is 1. The summed E-state index contributed by atoms with van der Waals surface area (Å²) in [6.45, 7) is 1.24. The zero-order chi connectivity index (χ0) is 21.3. The number of nitrogens with zero attached hydrogens (tertiary/aromatic N) is 4. The van der Waals surface area contributed by atoms with Crippen molar-refractivity contribution in [3.05, 3.63) is 52.7 Å². The van der Waals surface area contributed by atoms with Gasteiger partial charge in [0.15, 0.2) is 0 Å². The summed E-state index contributed by atoms with van der Waals surface area (Å²) in [7, 11) is 1.68. The Morgan fingerprint density at radius 1 is 1.30 bits per heavy atom. The second-order valence-corrected chi connectivity index (χ2v) is 8.32.